The average Bonchev–Trinajstić information content (AvgIpc) is 2.19. The molecule has 0 amide bonds. The van der Waals surface area contributed by atoms with E-state index in [1.165, 1.54) is 0 Å². The third-order valence-corrected chi connectivity index (χ3v) is 2.08. The Labute approximate surface area is 89.8 Å². The number of aromatic nitrogens is 1. The standard InChI is InChI=1S/C12H14N2O/c1-9(2)6-12(15)11(7-13)10-4-3-5-14-8-10/h3-5,8-9,11H,6H2,1-2H3. The smallest absolute Gasteiger partial charge is 0.154 e. The Morgan fingerprint density at radius 3 is 2.80 bits per heavy atom. The highest BCUT2D eigenvalue weighted by atomic mass is 16.1. The fourth-order valence-electron chi connectivity index (χ4n) is 1.40. The predicted molar refractivity (Wildman–Crippen MR) is 57.1 cm³/mol. The average molecular weight is 202 g/mol. The van der Waals surface area contributed by atoms with Crippen molar-refractivity contribution in [3.05, 3.63) is 30.1 Å². The summed E-state index contributed by atoms with van der Waals surface area (Å²) in [5.41, 5.74) is 0.686. The van der Waals surface area contributed by atoms with Gasteiger partial charge < -0.3 is 0 Å². The molecule has 1 aromatic heterocycles. The zero-order valence-electron chi connectivity index (χ0n) is 8.97. The van der Waals surface area contributed by atoms with E-state index in [2.05, 4.69) is 4.98 Å². The molecular formula is C12H14N2O. The highest BCUT2D eigenvalue weighted by Gasteiger charge is 2.20. The van der Waals surface area contributed by atoms with Crippen LogP contribution in [0, 0.1) is 17.2 Å². The number of hydrogen-bond acceptors (Lipinski definition) is 3. The van der Waals surface area contributed by atoms with Crippen LogP contribution in [0.5, 0.6) is 0 Å². The molecule has 1 rings (SSSR count). The van der Waals surface area contributed by atoms with Gasteiger partial charge in [0.15, 0.2) is 5.78 Å². The first-order valence-corrected chi connectivity index (χ1v) is 4.97. The Balaban J connectivity index is 2.82. The number of carbonyl (C=O) groups is 1. The topological polar surface area (TPSA) is 53.8 Å². The van der Waals surface area contributed by atoms with Crippen molar-refractivity contribution in [1.29, 1.82) is 5.26 Å². The summed E-state index contributed by atoms with van der Waals surface area (Å²) >= 11 is 0. The summed E-state index contributed by atoms with van der Waals surface area (Å²) in [6.07, 6.45) is 3.64. The van der Waals surface area contributed by atoms with Crippen molar-refractivity contribution in [3.8, 4) is 6.07 Å². The maximum Gasteiger partial charge on any atom is 0.154 e. The van der Waals surface area contributed by atoms with E-state index in [-0.39, 0.29) is 11.7 Å². The minimum absolute atomic E-state index is 0.0273. The van der Waals surface area contributed by atoms with Crippen molar-refractivity contribution in [2.45, 2.75) is 26.2 Å². The van der Waals surface area contributed by atoms with Crippen molar-refractivity contribution >= 4 is 5.78 Å². The van der Waals surface area contributed by atoms with Crippen LogP contribution in [-0.4, -0.2) is 10.8 Å². The molecule has 15 heavy (non-hydrogen) atoms. The molecule has 0 aliphatic rings. The second-order valence-corrected chi connectivity index (χ2v) is 3.91. The van der Waals surface area contributed by atoms with Crippen molar-refractivity contribution in [2.75, 3.05) is 0 Å². The van der Waals surface area contributed by atoms with Crippen LogP contribution in [0.4, 0.5) is 0 Å². The van der Waals surface area contributed by atoms with Gasteiger partial charge in [-0.15, -0.1) is 0 Å². The lowest BCUT2D eigenvalue weighted by molar-refractivity contribution is -0.120. The van der Waals surface area contributed by atoms with Crippen LogP contribution in [0.3, 0.4) is 0 Å². The van der Waals surface area contributed by atoms with Crippen molar-refractivity contribution in [1.82, 2.24) is 4.98 Å². The van der Waals surface area contributed by atoms with E-state index in [1.807, 2.05) is 19.9 Å². The first-order chi connectivity index (χ1) is 7.15. The van der Waals surface area contributed by atoms with Gasteiger partial charge in [-0.05, 0) is 17.5 Å². The van der Waals surface area contributed by atoms with Gasteiger partial charge in [-0.25, -0.2) is 0 Å². The van der Waals surface area contributed by atoms with E-state index < -0.39 is 5.92 Å². The molecule has 3 nitrogen and oxygen atoms in total. The number of nitrogens with zero attached hydrogens (tertiary/aromatic N) is 2. The Kier molecular flexibility index (Phi) is 3.99. The minimum Gasteiger partial charge on any atom is -0.298 e. The molecular weight excluding hydrogens is 188 g/mol. The van der Waals surface area contributed by atoms with Crippen molar-refractivity contribution in [3.63, 3.8) is 0 Å². The molecule has 0 saturated heterocycles. The zero-order valence-corrected chi connectivity index (χ0v) is 8.97. The van der Waals surface area contributed by atoms with Gasteiger partial charge in [-0.3, -0.25) is 9.78 Å². The van der Waals surface area contributed by atoms with Gasteiger partial charge in [0.1, 0.15) is 5.92 Å². The molecule has 78 valence electrons. The number of hydrogen-bond donors (Lipinski definition) is 0. The normalized spacial score (nSPS) is 12.1. The lowest BCUT2D eigenvalue weighted by atomic mass is 9.92. The molecule has 0 radical (unpaired) electrons. The maximum absolute atomic E-state index is 11.7. The molecule has 0 aliphatic heterocycles. The molecule has 1 unspecified atom stereocenters. The highest BCUT2D eigenvalue weighted by Crippen LogP contribution is 2.18. The first kappa shape index (κ1) is 11.4. The van der Waals surface area contributed by atoms with Crippen molar-refractivity contribution in [2.24, 2.45) is 5.92 Å². The van der Waals surface area contributed by atoms with E-state index in [4.69, 9.17) is 5.26 Å². The summed E-state index contributed by atoms with van der Waals surface area (Å²) in [6, 6.07) is 5.54. The van der Waals surface area contributed by atoms with E-state index in [9.17, 15) is 4.79 Å². The van der Waals surface area contributed by atoms with Gasteiger partial charge in [-0.2, -0.15) is 5.26 Å². The molecule has 1 heterocycles. The van der Waals surface area contributed by atoms with Crippen LogP contribution in [0.2, 0.25) is 0 Å². The molecule has 0 bridgehead atoms. The van der Waals surface area contributed by atoms with Gasteiger partial charge in [0.25, 0.3) is 0 Å². The minimum atomic E-state index is -0.666. The number of pyridine rings is 1. The van der Waals surface area contributed by atoms with E-state index in [0.717, 1.165) is 0 Å². The molecule has 1 aromatic rings. The molecule has 0 aliphatic carbocycles. The molecule has 0 spiro atoms. The van der Waals surface area contributed by atoms with E-state index in [0.29, 0.717) is 12.0 Å². The van der Waals surface area contributed by atoms with Gasteiger partial charge in [-0.1, -0.05) is 19.9 Å². The van der Waals surface area contributed by atoms with Gasteiger partial charge in [0.2, 0.25) is 0 Å². The van der Waals surface area contributed by atoms with Gasteiger partial charge in [0, 0.05) is 18.8 Å². The third kappa shape index (κ3) is 3.17. The molecule has 0 aromatic carbocycles. The number of rotatable bonds is 4. The van der Waals surface area contributed by atoms with Crippen LogP contribution in [0.15, 0.2) is 24.5 Å². The van der Waals surface area contributed by atoms with Gasteiger partial charge >= 0.3 is 0 Å². The summed E-state index contributed by atoms with van der Waals surface area (Å²) in [6.45, 7) is 3.94. The zero-order chi connectivity index (χ0) is 11.3. The largest absolute Gasteiger partial charge is 0.298 e. The number of Topliss-reactive ketones (excluding diaryl/α,β-unsaturated/α-hetero) is 1. The fraction of sp³-hybridized carbons (Fsp3) is 0.417. The Hall–Kier alpha value is -1.69. The van der Waals surface area contributed by atoms with Gasteiger partial charge in [0.05, 0.1) is 6.07 Å². The molecule has 0 saturated carbocycles. The molecule has 0 fully saturated rings. The SMILES string of the molecule is CC(C)CC(=O)C(C#N)c1cccnc1. The molecule has 1 atom stereocenters. The third-order valence-electron chi connectivity index (χ3n) is 2.08. The highest BCUT2D eigenvalue weighted by molar-refractivity contribution is 5.88. The molecule has 3 heteroatoms. The Bertz CT molecular complexity index is 365. The second-order valence-electron chi connectivity index (χ2n) is 3.91. The summed E-state index contributed by atoms with van der Waals surface area (Å²) in [7, 11) is 0. The van der Waals surface area contributed by atoms with E-state index >= 15 is 0 Å². The monoisotopic (exact) mass is 202 g/mol. The van der Waals surface area contributed by atoms with Crippen molar-refractivity contribution < 1.29 is 4.79 Å². The lowest BCUT2D eigenvalue weighted by Gasteiger charge is -2.09. The molecule has 0 N–H and O–H groups in total. The summed E-state index contributed by atoms with van der Waals surface area (Å²) < 4.78 is 0. The lowest BCUT2D eigenvalue weighted by Crippen LogP contribution is -2.13. The summed E-state index contributed by atoms with van der Waals surface area (Å²) in [5.74, 6) is -0.411. The van der Waals surface area contributed by atoms with Crippen LogP contribution in [-0.2, 0) is 4.79 Å². The van der Waals surface area contributed by atoms with Crippen LogP contribution in [0.25, 0.3) is 0 Å². The number of carbonyl (C=O) groups excluding carboxylic acids is 1. The van der Waals surface area contributed by atoms with Crippen LogP contribution >= 0.6 is 0 Å². The number of ketones is 1. The predicted octanol–water partition coefficient (Wildman–Crippen LogP) is 2.30. The summed E-state index contributed by atoms with van der Waals surface area (Å²) in [4.78, 5) is 15.6. The second kappa shape index (κ2) is 5.26. The van der Waals surface area contributed by atoms with E-state index in [1.54, 1.807) is 24.5 Å². The Morgan fingerprint density at radius 1 is 1.60 bits per heavy atom. The first-order valence-electron chi connectivity index (χ1n) is 4.97. The number of nitriles is 1. The van der Waals surface area contributed by atoms with Crippen LogP contribution in [0.1, 0.15) is 31.7 Å². The summed E-state index contributed by atoms with van der Waals surface area (Å²) in [5, 5.41) is 8.96. The quantitative estimate of drug-likeness (QED) is 0.752. The fourth-order valence-corrected chi connectivity index (χ4v) is 1.40. The van der Waals surface area contributed by atoms with Crippen LogP contribution < -0.4 is 0 Å². The maximum atomic E-state index is 11.7. The Morgan fingerprint density at radius 2 is 2.33 bits per heavy atom.